The first kappa shape index (κ1) is 12.8. The SMILES string of the molecule is Clc1cccc(C(Cl)c2ccc3c(c2)CCCO3)c1. The van der Waals surface area contributed by atoms with Crippen LogP contribution in [0.2, 0.25) is 5.02 Å². The van der Waals surface area contributed by atoms with Gasteiger partial charge >= 0.3 is 0 Å². The van der Waals surface area contributed by atoms with Crippen molar-refractivity contribution in [3.05, 3.63) is 64.2 Å². The maximum atomic E-state index is 6.55. The monoisotopic (exact) mass is 292 g/mol. The molecule has 0 aromatic heterocycles. The molecule has 0 saturated heterocycles. The maximum Gasteiger partial charge on any atom is 0.122 e. The fourth-order valence-corrected chi connectivity index (χ4v) is 2.86. The first-order valence-electron chi connectivity index (χ1n) is 6.39. The van der Waals surface area contributed by atoms with Crippen LogP contribution in [0.3, 0.4) is 0 Å². The Morgan fingerprint density at radius 3 is 2.74 bits per heavy atom. The molecule has 98 valence electrons. The topological polar surface area (TPSA) is 9.23 Å². The van der Waals surface area contributed by atoms with Gasteiger partial charge in [0.15, 0.2) is 0 Å². The van der Waals surface area contributed by atoms with Gasteiger partial charge in [-0.05, 0) is 47.7 Å². The van der Waals surface area contributed by atoms with E-state index in [9.17, 15) is 0 Å². The average molecular weight is 293 g/mol. The average Bonchev–Trinajstić information content (AvgIpc) is 2.46. The van der Waals surface area contributed by atoms with E-state index in [1.54, 1.807) is 0 Å². The van der Waals surface area contributed by atoms with E-state index in [4.69, 9.17) is 27.9 Å². The molecule has 1 nitrogen and oxygen atoms in total. The van der Waals surface area contributed by atoms with Crippen LogP contribution in [0.1, 0.15) is 28.5 Å². The van der Waals surface area contributed by atoms with Crippen molar-refractivity contribution in [1.29, 1.82) is 0 Å². The number of benzene rings is 2. The normalized spacial score (nSPS) is 15.5. The summed E-state index contributed by atoms with van der Waals surface area (Å²) in [7, 11) is 0. The van der Waals surface area contributed by atoms with Crippen molar-refractivity contribution in [2.24, 2.45) is 0 Å². The van der Waals surface area contributed by atoms with Gasteiger partial charge in [0, 0.05) is 5.02 Å². The van der Waals surface area contributed by atoms with E-state index in [1.165, 1.54) is 5.56 Å². The number of rotatable bonds is 2. The second kappa shape index (κ2) is 5.44. The highest BCUT2D eigenvalue weighted by molar-refractivity contribution is 6.30. The lowest BCUT2D eigenvalue weighted by Gasteiger charge is -2.19. The maximum absolute atomic E-state index is 6.55. The molecular weight excluding hydrogens is 279 g/mol. The molecule has 19 heavy (non-hydrogen) atoms. The predicted molar refractivity (Wildman–Crippen MR) is 79.4 cm³/mol. The third-order valence-electron chi connectivity index (χ3n) is 3.37. The molecule has 0 N–H and O–H groups in total. The molecule has 1 unspecified atom stereocenters. The van der Waals surface area contributed by atoms with Crippen molar-refractivity contribution in [3.8, 4) is 5.75 Å². The second-order valence-electron chi connectivity index (χ2n) is 4.74. The van der Waals surface area contributed by atoms with Crippen LogP contribution >= 0.6 is 23.2 Å². The summed E-state index contributed by atoms with van der Waals surface area (Å²) in [6.07, 6.45) is 2.13. The second-order valence-corrected chi connectivity index (χ2v) is 5.61. The Bertz CT molecular complexity index is 595. The molecule has 0 bridgehead atoms. The Balaban J connectivity index is 1.93. The number of halogens is 2. The molecule has 0 amide bonds. The molecule has 2 aromatic rings. The Hall–Kier alpha value is -1.18. The molecular formula is C16H14Cl2O. The highest BCUT2D eigenvalue weighted by atomic mass is 35.5. The summed E-state index contributed by atoms with van der Waals surface area (Å²) in [5, 5.41) is 0.537. The fraction of sp³-hybridized carbons (Fsp3) is 0.250. The van der Waals surface area contributed by atoms with E-state index < -0.39 is 0 Å². The van der Waals surface area contributed by atoms with Crippen molar-refractivity contribution >= 4 is 23.2 Å². The summed E-state index contributed by atoms with van der Waals surface area (Å²) in [5.41, 5.74) is 3.36. The van der Waals surface area contributed by atoms with Gasteiger partial charge in [0.1, 0.15) is 5.75 Å². The highest BCUT2D eigenvalue weighted by Crippen LogP contribution is 2.34. The number of hydrogen-bond acceptors (Lipinski definition) is 1. The highest BCUT2D eigenvalue weighted by Gasteiger charge is 2.15. The largest absolute Gasteiger partial charge is 0.493 e. The van der Waals surface area contributed by atoms with Crippen LogP contribution in [-0.2, 0) is 6.42 Å². The van der Waals surface area contributed by atoms with Crippen LogP contribution in [0.25, 0.3) is 0 Å². The zero-order valence-electron chi connectivity index (χ0n) is 10.4. The standard InChI is InChI=1S/C16H14Cl2O/c17-14-5-1-3-12(10-14)16(18)13-6-7-15-11(9-13)4-2-8-19-15/h1,3,5-7,9-10,16H,2,4,8H2. The number of aryl methyl sites for hydroxylation is 1. The minimum Gasteiger partial charge on any atom is -0.493 e. The zero-order chi connectivity index (χ0) is 13.2. The van der Waals surface area contributed by atoms with E-state index in [1.807, 2.05) is 36.4 Å². The molecule has 0 saturated carbocycles. The summed E-state index contributed by atoms with van der Waals surface area (Å²) < 4.78 is 5.62. The summed E-state index contributed by atoms with van der Waals surface area (Å²) in [4.78, 5) is 0. The number of alkyl halides is 1. The lowest BCUT2D eigenvalue weighted by molar-refractivity contribution is 0.288. The van der Waals surface area contributed by atoms with Crippen molar-refractivity contribution < 1.29 is 4.74 Å². The van der Waals surface area contributed by atoms with Crippen molar-refractivity contribution in [2.75, 3.05) is 6.61 Å². The molecule has 1 atom stereocenters. The van der Waals surface area contributed by atoms with Crippen LogP contribution < -0.4 is 4.74 Å². The molecule has 3 rings (SSSR count). The summed E-state index contributed by atoms with van der Waals surface area (Å²) >= 11 is 12.6. The first-order valence-corrected chi connectivity index (χ1v) is 7.20. The minimum absolute atomic E-state index is 0.175. The molecule has 0 fully saturated rings. The van der Waals surface area contributed by atoms with Crippen LogP contribution in [-0.4, -0.2) is 6.61 Å². The minimum atomic E-state index is -0.175. The number of fused-ring (bicyclic) bond motifs is 1. The van der Waals surface area contributed by atoms with Gasteiger partial charge in [-0.2, -0.15) is 0 Å². The third-order valence-corrected chi connectivity index (χ3v) is 4.11. The molecule has 1 heterocycles. The van der Waals surface area contributed by atoms with Gasteiger partial charge in [-0.1, -0.05) is 35.9 Å². The summed E-state index contributed by atoms with van der Waals surface area (Å²) in [6, 6.07) is 13.9. The quantitative estimate of drug-likeness (QED) is 0.708. The van der Waals surface area contributed by atoms with Crippen LogP contribution in [0, 0.1) is 0 Å². The van der Waals surface area contributed by atoms with Crippen molar-refractivity contribution in [2.45, 2.75) is 18.2 Å². The van der Waals surface area contributed by atoms with E-state index in [0.29, 0.717) is 5.02 Å². The number of ether oxygens (including phenoxy) is 1. The van der Waals surface area contributed by atoms with Crippen LogP contribution in [0.15, 0.2) is 42.5 Å². The van der Waals surface area contributed by atoms with Gasteiger partial charge in [0.05, 0.1) is 12.0 Å². The fourth-order valence-electron chi connectivity index (χ4n) is 2.39. The lowest BCUT2D eigenvalue weighted by Crippen LogP contribution is -2.08. The van der Waals surface area contributed by atoms with E-state index in [-0.39, 0.29) is 5.38 Å². The van der Waals surface area contributed by atoms with Gasteiger partial charge in [0.2, 0.25) is 0 Å². The van der Waals surface area contributed by atoms with Gasteiger partial charge in [-0.25, -0.2) is 0 Å². The molecule has 0 radical (unpaired) electrons. The van der Waals surface area contributed by atoms with Crippen molar-refractivity contribution in [1.82, 2.24) is 0 Å². The predicted octanol–water partition coefficient (Wildman–Crippen LogP) is 4.99. The van der Waals surface area contributed by atoms with Crippen LogP contribution in [0.4, 0.5) is 0 Å². The van der Waals surface area contributed by atoms with Gasteiger partial charge in [-0.15, -0.1) is 11.6 Å². The zero-order valence-corrected chi connectivity index (χ0v) is 11.9. The third kappa shape index (κ3) is 2.72. The molecule has 1 aliphatic heterocycles. The van der Waals surface area contributed by atoms with E-state index in [2.05, 4.69) is 6.07 Å². The van der Waals surface area contributed by atoms with Crippen molar-refractivity contribution in [3.63, 3.8) is 0 Å². The molecule has 2 aromatic carbocycles. The molecule has 0 aliphatic carbocycles. The van der Waals surface area contributed by atoms with E-state index in [0.717, 1.165) is 36.3 Å². The van der Waals surface area contributed by atoms with Gasteiger partial charge in [0.25, 0.3) is 0 Å². The Labute approximate surface area is 123 Å². The Kier molecular flexibility index (Phi) is 3.67. The Morgan fingerprint density at radius 1 is 1.05 bits per heavy atom. The smallest absolute Gasteiger partial charge is 0.122 e. The van der Waals surface area contributed by atoms with Gasteiger partial charge < -0.3 is 4.74 Å². The molecule has 3 heteroatoms. The first-order chi connectivity index (χ1) is 9.24. The van der Waals surface area contributed by atoms with E-state index >= 15 is 0 Å². The molecule has 0 spiro atoms. The van der Waals surface area contributed by atoms with Gasteiger partial charge in [-0.3, -0.25) is 0 Å². The molecule has 1 aliphatic rings. The lowest BCUT2D eigenvalue weighted by atomic mass is 9.99. The number of hydrogen-bond donors (Lipinski definition) is 0. The summed E-state index contributed by atoms with van der Waals surface area (Å²) in [5.74, 6) is 0.991. The summed E-state index contributed by atoms with van der Waals surface area (Å²) in [6.45, 7) is 0.810. The van der Waals surface area contributed by atoms with Crippen LogP contribution in [0.5, 0.6) is 5.75 Å². The Morgan fingerprint density at radius 2 is 1.89 bits per heavy atom.